The molecule has 0 amide bonds. The van der Waals surface area contributed by atoms with Crippen LogP contribution >= 0.6 is 0 Å². The second kappa shape index (κ2) is 10.2. The molecule has 0 radical (unpaired) electrons. The number of ketones is 1. The van der Waals surface area contributed by atoms with E-state index < -0.39 is 0 Å². The molecule has 0 aromatic rings. The van der Waals surface area contributed by atoms with Gasteiger partial charge in [0, 0.05) is 43.6 Å². The zero-order valence-corrected chi connectivity index (χ0v) is 15.6. The number of rotatable bonds is 7. The first kappa shape index (κ1) is 18.4. The van der Waals surface area contributed by atoms with Gasteiger partial charge in [-0.25, -0.2) is 6.61 Å². The Morgan fingerprint density at radius 1 is 1.50 bits per heavy atom. The van der Waals surface area contributed by atoms with Crippen molar-refractivity contribution >= 4 is 5.78 Å². The van der Waals surface area contributed by atoms with E-state index in [2.05, 4.69) is 17.9 Å². The van der Waals surface area contributed by atoms with Gasteiger partial charge in [0.15, 0.2) is 0 Å². The summed E-state index contributed by atoms with van der Waals surface area (Å²) in [6, 6.07) is 0.568. The van der Waals surface area contributed by atoms with Crippen LogP contribution in [-0.4, -0.2) is 34.9 Å². The fourth-order valence-electron chi connectivity index (χ4n) is 2.46. The van der Waals surface area contributed by atoms with Gasteiger partial charge in [-0.3, -0.25) is 4.79 Å². The normalized spacial score (nSPS) is 24.4. The zero-order valence-electron chi connectivity index (χ0n) is 11.4. The van der Waals surface area contributed by atoms with Crippen LogP contribution in [-0.2, 0) is 4.79 Å². The van der Waals surface area contributed by atoms with Crippen molar-refractivity contribution in [3.8, 4) is 0 Å². The van der Waals surface area contributed by atoms with Crippen LogP contribution in [0.1, 0.15) is 39.5 Å². The van der Waals surface area contributed by atoms with E-state index in [9.17, 15) is 4.79 Å². The Balaban J connectivity index is 0.00000289. The topological polar surface area (TPSA) is 40.5 Å². The van der Waals surface area contributed by atoms with Crippen LogP contribution in [0.4, 0.5) is 0 Å². The molecule has 3 nitrogen and oxygen atoms in total. The zero-order chi connectivity index (χ0) is 12.7. The standard InChI is InChI=1S/C14H24NO2.U/c1-12-8-10-15(9-5-11-16)14(12)7-4-3-6-13(2)17;/h3-4,11-12,14,16H,5-10H2,1-2H3;/q-1;/b4-3-;. The predicted octanol–water partition coefficient (Wildman–Crippen LogP) is 2.55. The smallest absolute Gasteiger partial charge is 0.133 e. The Hall–Kier alpha value is 0.382. The number of carbonyl (C=O) groups is 1. The molecule has 2 atom stereocenters. The van der Waals surface area contributed by atoms with E-state index in [4.69, 9.17) is 5.11 Å². The molecule has 0 aromatic heterocycles. The Bertz CT molecular complexity index is 269. The molecule has 1 aliphatic rings. The van der Waals surface area contributed by atoms with E-state index in [1.54, 1.807) is 6.92 Å². The average Bonchev–Trinajstić information content (AvgIpc) is 2.63. The number of hydrogen-bond donors (Lipinski definition) is 1. The van der Waals surface area contributed by atoms with E-state index in [0.29, 0.717) is 18.4 Å². The summed E-state index contributed by atoms with van der Waals surface area (Å²) in [6.07, 6.45) is 7.63. The first-order valence-electron chi connectivity index (χ1n) is 6.49. The minimum Gasteiger partial charge on any atom is -0.566 e. The molecule has 0 aromatic carbocycles. The van der Waals surface area contributed by atoms with Crippen LogP contribution in [0.15, 0.2) is 12.2 Å². The summed E-state index contributed by atoms with van der Waals surface area (Å²) in [4.78, 5) is 13.3. The molecule has 0 saturated carbocycles. The molecule has 0 spiro atoms. The Morgan fingerprint density at radius 2 is 2.22 bits per heavy atom. The number of Topliss-reactive ketones (excluding diaryl/α,β-unsaturated/α-hetero) is 1. The van der Waals surface area contributed by atoms with Crippen LogP contribution in [0, 0.1) is 43.6 Å². The molecule has 1 heterocycles. The van der Waals surface area contributed by atoms with Crippen LogP contribution in [0.25, 0.3) is 0 Å². The SMILES string of the molecule is CC(=O)C/C=C\CC1C(C)CCN1CC[CH-]O.[U]. The first-order chi connectivity index (χ1) is 8.15. The van der Waals surface area contributed by atoms with E-state index in [1.165, 1.54) is 13.0 Å². The molecule has 0 bridgehead atoms. The van der Waals surface area contributed by atoms with Gasteiger partial charge < -0.3 is 10.0 Å². The number of hydrogen-bond acceptors (Lipinski definition) is 3. The molecule has 1 saturated heterocycles. The van der Waals surface area contributed by atoms with E-state index in [0.717, 1.165) is 25.9 Å². The van der Waals surface area contributed by atoms with Gasteiger partial charge in [-0.1, -0.05) is 19.1 Å². The summed E-state index contributed by atoms with van der Waals surface area (Å²) in [5.74, 6) is 0.920. The summed E-state index contributed by atoms with van der Waals surface area (Å²) in [5.41, 5.74) is 0. The quantitative estimate of drug-likeness (QED) is 0.454. The molecule has 18 heavy (non-hydrogen) atoms. The summed E-state index contributed by atoms with van der Waals surface area (Å²) in [6.45, 7) is 7.20. The molecule has 4 heteroatoms. The first-order valence-corrected chi connectivity index (χ1v) is 6.49. The Labute approximate surface area is 134 Å². The van der Waals surface area contributed by atoms with Gasteiger partial charge in [-0.2, -0.15) is 0 Å². The fourth-order valence-corrected chi connectivity index (χ4v) is 2.46. The van der Waals surface area contributed by atoms with Crippen molar-refractivity contribution in [3.05, 3.63) is 18.8 Å². The van der Waals surface area contributed by atoms with Crippen molar-refractivity contribution in [1.82, 2.24) is 4.90 Å². The van der Waals surface area contributed by atoms with Crippen molar-refractivity contribution in [2.24, 2.45) is 5.92 Å². The molecular formula is C14H24NO2U-. The summed E-state index contributed by atoms with van der Waals surface area (Å²) in [7, 11) is 0. The molecule has 0 aliphatic carbocycles. The number of carbonyl (C=O) groups excluding carboxylic acids is 1. The van der Waals surface area contributed by atoms with Crippen LogP contribution in [0.3, 0.4) is 0 Å². The number of aliphatic hydroxyl groups excluding tert-OH is 1. The molecular weight excluding hydrogens is 452 g/mol. The van der Waals surface area contributed by atoms with Crippen LogP contribution in [0.5, 0.6) is 0 Å². The third-order valence-corrected chi connectivity index (χ3v) is 3.49. The summed E-state index contributed by atoms with van der Waals surface area (Å²) < 4.78 is 0. The van der Waals surface area contributed by atoms with Gasteiger partial charge in [-0.15, -0.1) is 6.42 Å². The van der Waals surface area contributed by atoms with Gasteiger partial charge in [-0.05, 0) is 38.8 Å². The minimum absolute atomic E-state index is 0. The van der Waals surface area contributed by atoms with E-state index >= 15 is 0 Å². The fraction of sp³-hybridized carbons (Fsp3) is 0.714. The van der Waals surface area contributed by atoms with E-state index in [-0.39, 0.29) is 36.9 Å². The van der Waals surface area contributed by atoms with Gasteiger partial charge in [0.1, 0.15) is 5.78 Å². The summed E-state index contributed by atoms with van der Waals surface area (Å²) in [5, 5.41) is 8.75. The Morgan fingerprint density at radius 3 is 2.83 bits per heavy atom. The van der Waals surface area contributed by atoms with Crippen molar-refractivity contribution in [2.45, 2.75) is 45.6 Å². The number of likely N-dealkylation sites (tertiary alicyclic amines) is 1. The number of allylic oxidation sites excluding steroid dienone is 1. The summed E-state index contributed by atoms with van der Waals surface area (Å²) >= 11 is 0. The predicted molar refractivity (Wildman–Crippen MR) is 69.0 cm³/mol. The Kier molecular flexibility index (Phi) is 10.4. The van der Waals surface area contributed by atoms with Crippen molar-refractivity contribution < 1.29 is 41.0 Å². The maximum atomic E-state index is 10.8. The second-order valence-electron chi connectivity index (χ2n) is 4.95. The monoisotopic (exact) mass is 476 g/mol. The molecule has 2 unspecified atom stereocenters. The van der Waals surface area contributed by atoms with Gasteiger partial charge in [0.2, 0.25) is 0 Å². The average molecular weight is 476 g/mol. The molecule has 1 N–H and O–H groups in total. The molecule has 102 valence electrons. The maximum Gasteiger partial charge on any atom is 0.133 e. The van der Waals surface area contributed by atoms with Crippen molar-refractivity contribution in [3.63, 3.8) is 0 Å². The maximum absolute atomic E-state index is 10.8. The van der Waals surface area contributed by atoms with E-state index in [1.807, 2.05) is 6.08 Å². The third-order valence-electron chi connectivity index (χ3n) is 3.49. The van der Waals surface area contributed by atoms with Gasteiger partial charge in [0.05, 0.1) is 0 Å². The third kappa shape index (κ3) is 6.52. The van der Waals surface area contributed by atoms with Crippen LogP contribution in [0.2, 0.25) is 0 Å². The second-order valence-corrected chi connectivity index (χ2v) is 4.95. The largest absolute Gasteiger partial charge is 0.566 e. The minimum atomic E-state index is 0. The number of aliphatic hydroxyl groups is 1. The van der Waals surface area contributed by atoms with Gasteiger partial charge in [0.25, 0.3) is 0 Å². The van der Waals surface area contributed by atoms with Crippen LogP contribution < -0.4 is 0 Å². The van der Waals surface area contributed by atoms with Crippen molar-refractivity contribution in [2.75, 3.05) is 13.1 Å². The van der Waals surface area contributed by atoms with Crippen molar-refractivity contribution in [1.29, 1.82) is 0 Å². The number of nitrogens with zero attached hydrogens (tertiary/aromatic N) is 1. The molecule has 1 aliphatic heterocycles. The molecule has 1 fully saturated rings. The van der Waals surface area contributed by atoms with Gasteiger partial charge >= 0.3 is 0 Å². The molecule has 1 rings (SSSR count).